The fourth-order valence-corrected chi connectivity index (χ4v) is 2.97. The van der Waals surface area contributed by atoms with Crippen molar-refractivity contribution in [1.29, 1.82) is 0 Å². The van der Waals surface area contributed by atoms with E-state index in [-0.39, 0.29) is 5.69 Å². The lowest BCUT2D eigenvalue weighted by Crippen LogP contribution is -2.19. The zero-order valence-electron chi connectivity index (χ0n) is 11.9. The number of fused-ring (bicyclic) bond motifs is 1. The molecule has 2 N–H and O–H groups in total. The standard InChI is InChI=1S/C15H12N6OS/c22-15-19-14(23-8-11-7-16-9-17-11)18-13-6-12(20-21(13)15)10-4-2-1-3-5-10/h1-7,9H,8H2,(H,16,17)(H,18,19,22). The zero-order valence-corrected chi connectivity index (χ0v) is 12.7. The van der Waals surface area contributed by atoms with Gasteiger partial charge in [0.05, 0.1) is 12.0 Å². The summed E-state index contributed by atoms with van der Waals surface area (Å²) in [5, 5.41) is 4.87. The van der Waals surface area contributed by atoms with Gasteiger partial charge in [-0.25, -0.2) is 14.8 Å². The minimum atomic E-state index is -0.302. The molecule has 8 heteroatoms. The van der Waals surface area contributed by atoms with Crippen LogP contribution in [0.4, 0.5) is 0 Å². The van der Waals surface area contributed by atoms with E-state index in [4.69, 9.17) is 0 Å². The third-order valence-corrected chi connectivity index (χ3v) is 4.22. The lowest BCUT2D eigenvalue weighted by atomic mass is 10.2. The van der Waals surface area contributed by atoms with Crippen LogP contribution in [-0.2, 0) is 5.75 Å². The predicted molar refractivity (Wildman–Crippen MR) is 87.2 cm³/mol. The van der Waals surface area contributed by atoms with Gasteiger partial charge in [-0.3, -0.25) is 4.98 Å². The van der Waals surface area contributed by atoms with Crippen LogP contribution in [0, 0.1) is 0 Å². The summed E-state index contributed by atoms with van der Waals surface area (Å²) < 4.78 is 1.28. The Hall–Kier alpha value is -2.87. The second-order valence-electron chi connectivity index (χ2n) is 4.88. The number of imidazole rings is 1. The van der Waals surface area contributed by atoms with Crippen molar-refractivity contribution in [1.82, 2.24) is 29.5 Å². The van der Waals surface area contributed by atoms with Gasteiger partial charge in [0.1, 0.15) is 0 Å². The monoisotopic (exact) mass is 324 g/mol. The maximum atomic E-state index is 12.2. The summed E-state index contributed by atoms with van der Waals surface area (Å²) in [5.41, 5.74) is 2.86. The van der Waals surface area contributed by atoms with Crippen molar-refractivity contribution in [2.45, 2.75) is 10.9 Å². The van der Waals surface area contributed by atoms with Gasteiger partial charge in [0.25, 0.3) is 0 Å². The highest BCUT2D eigenvalue weighted by atomic mass is 32.2. The third-order valence-electron chi connectivity index (χ3n) is 3.30. The fourth-order valence-electron chi connectivity index (χ4n) is 2.20. The summed E-state index contributed by atoms with van der Waals surface area (Å²) in [6.45, 7) is 0. The lowest BCUT2D eigenvalue weighted by Gasteiger charge is -1.99. The molecule has 7 nitrogen and oxygen atoms in total. The van der Waals surface area contributed by atoms with Crippen LogP contribution in [-0.4, -0.2) is 29.5 Å². The van der Waals surface area contributed by atoms with Crippen LogP contribution in [0.15, 0.2) is 58.9 Å². The Morgan fingerprint density at radius 1 is 1.22 bits per heavy atom. The molecule has 3 aromatic heterocycles. The second-order valence-corrected chi connectivity index (χ2v) is 5.84. The molecule has 0 unspecified atom stereocenters. The van der Waals surface area contributed by atoms with Crippen LogP contribution in [0.3, 0.4) is 0 Å². The van der Waals surface area contributed by atoms with Crippen molar-refractivity contribution < 1.29 is 0 Å². The Morgan fingerprint density at radius 2 is 2.09 bits per heavy atom. The Kier molecular flexibility index (Phi) is 3.43. The van der Waals surface area contributed by atoms with E-state index in [2.05, 4.69) is 25.0 Å². The maximum absolute atomic E-state index is 12.2. The van der Waals surface area contributed by atoms with E-state index in [9.17, 15) is 4.79 Å². The predicted octanol–water partition coefficient (Wildman–Crippen LogP) is 2.10. The van der Waals surface area contributed by atoms with Gasteiger partial charge in [-0.2, -0.15) is 9.61 Å². The summed E-state index contributed by atoms with van der Waals surface area (Å²) >= 11 is 1.43. The van der Waals surface area contributed by atoms with Crippen molar-refractivity contribution in [3.05, 3.63) is 65.1 Å². The highest BCUT2D eigenvalue weighted by Gasteiger charge is 2.10. The van der Waals surface area contributed by atoms with Crippen LogP contribution in [0.2, 0.25) is 0 Å². The molecule has 3 heterocycles. The van der Waals surface area contributed by atoms with Gasteiger partial charge in [0, 0.05) is 29.3 Å². The molecule has 4 aromatic rings. The summed E-state index contributed by atoms with van der Waals surface area (Å²) in [7, 11) is 0. The number of rotatable bonds is 4. The van der Waals surface area contributed by atoms with Crippen LogP contribution < -0.4 is 5.69 Å². The van der Waals surface area contributed by atoms with Gasteiger partial charge in [-0.05, 0) is 0 Å². The van der Waals surface area contributed by atoms with Gasteiger partial charge in [0.15, 0.2) is 10.8 Å². The maximum Gasteiger partial charge on any atom is 0.350 e. The summed E-state index contributed by atoms with van der Waals surface area (Å²) in [6.07, 6.45) is 3.37. The third kappa shape index (κ3) is 2.76. The number of hydrogen-bond acceptors (Lipinski definition) is 5. The smallest absolute Gasteiger partial charge is 0.348 e. The normalized spacial score (nSPS) is 11.1. The van der Waals surface area contributed by atoms with Gasteiger partial charge in [0.2, 0.25) is 0 Å². The molecule has 0 saturated carbocycles. The summed E-state index contributed by atoms with van der Waals surface area (Å²) in [5.74, 6) is 0.652. The molecule has 4 rings (SSSR count). The fraction of sp³-hybridized carbons (Fsp3) is 0.0667. The van der Waals surface area contributed by atoms with E-state index in [1.807, 2.05) is 36.4 Å². The Labute approximate surface area is 134 Å². The number of hydrogen-bond donors (Lipinski definition) is 2. The van der Waals surface area contributed by atoms with E-state index in [0.29, 0.717) is 16.6 Å². The average Bonchev–Trinajstić information content (AvgIpc) is 3.23. The van der Waals surface area contributed by atoms with Crippen molar-refractivity contribution in [2.75, 3.05) is 0 Å². The van der Waals surface area contributed by atoms with Gasteiger partial charge < -0.3 is 4.98 Å². The molecule has 0 bridgehead atoms. The second kappa shape index (κ2) is 5.73. The summed E-state index contributed by atoms with van der Waals surface area (Å²) in [4.78, 5) is 26.4. The minimum Gasteiger partial charge on any atom is -0.348 e. The van der Waals surface area contributed by atoms with Gasteiger partial charge >= 0.3 is 5.69 Å². The van der Waals surface area contributed by atoms with Crippen molar-refractivity contribution in [2.24, 2.45) is 0 Å². The van der Waals surface area contributed by atoms with Gasteiger partial charge in [-0.15, -0.1) is 0 Å². The molecule has 0 saturated heterocycles. The first-order valence-electron chi connectivity index (χ1n) is 6.95. The molecule has 23 heavy (non-hydrogen) atoms. The summed E-state index contributed by atoms with van der Waals surface area (Å²) in [6, 6.07) is 11.5. The number of H-pyrrole nitrogens is 2. The number of benzene rings is 1. The Balaban J connectivity index is 1.68. The number of aromatic amines is 2. The van der Waals surface area contributed by atoms with Gasteiger partial charge in [-0.1, -0.05) is 42.1 Å². The van der Waals surface area contributed by atoms with Crippen molar-refractivity contribution >= 4 is 17.4 Å². The SMILES string of the molecule is O=c1[nH]c(SCc2cnc[nH]2)nc2cc(-c3ccccc3)nn12. The van der Waals surface area contributed by atoms with E-state index < -0.39 is 0 Å². The van der Waals surface area contributed by atoms with Crippen molar-refractivity contribution in [3.8, 4) is 11.3 Å². The number of aromatic nitrogens is 6. The minimum absolute atomic E-state index is 0.302. The first-order chi connectivity index (χ1) is 11.3. The number of nitrogens with zero attached hydrogens (tertiary/aromatic N) is 4. The molecular formula is C15H12N6OS. The molecule has 0 aliphatic rings. The first kappa shape index (κ1) is 13.8. The number of thioether (sulfide) groups is 1. The highest BCUT2D eigenvalue weighted by molar-refractivity contribution is 7.98. The zero-order chi connectivity index (χ0) is 15.6. The van der Waals surface area contributed by atoms with E-state index in [1.165, 1.54) is 16.3 Å². The molecule has 0 aliphatic carbocycles. The molecule has 114 valence electrons. The van der Waals surface area contributed by atoms with Crippen LogP contribution in [0.1, 0.15) is 5.69 Å². The average molecular weight is 324 g/mol. The number of nitrogens with one attached hydrogen (secondary N) is 2. The molecule has 1 aromatic carbocycles. The van der Waals surface area contributed by atoms with Crippen molar-refractivity contribution in [3.63, 3.8) is 0 Å². The molecule has 0 radical (unpaired) electrons. The molecule has 0 fully saturated rings. The molecular weight excluding hydrogens is 312 g/mol. The topological polar surface area (TPSA) is 91.7 Å². The molecule has 0 amide bonds. The molecule has 0 spiro atoms. The quantitative estimate of drug-likeness (QED) is 0.561. The van der Waals surface area contributed by atoms with Crippen LogP contribution in [0.5, 0.6) is 0 Å². The van der Waals surface area contributed by atoms with E-state index in [1.54, 1.807) is 12.5 Å². The van der Waals surface area contributed by atoms with E-state index in [0.717, 1.165) is 17.0 Å². The van der Waals surface area contributed by atoms with Crippen LogP contribution in [0.25, 0.3) is 16.9 Å². The Bertz CT molecular complexity index is 990. The van der Waals surface area contributed by atoms with E-state index >= 15 is 0 Å². The molecule has 0 aliphatic heterocycles. The molecule has 0 atom stereocenters. The largest absolute Gasteiger partial charge is 0.350 e. The Morgan fingerprint density at radius 3 is 2.87 bits per heavy atom. The highest BCUT2D eigenvalue weighted by Crippen LogP contribution is 2.20. The first-order valence-corrected chi connectivity index (χ1v) is 7.94. The lowest BCUT2D eigenvalue weighted by molar-refractivity contribution is 0.788. The van der Waals surface area contributed by atoms with Crippen LogP contribution >= 0.6 is 11.8 Å².